The minimum atomic E-state index is -1.03. The average Bonchev–Trinajstić information content (AvgIpc) is 2.07. The van der Waals surface area contributed by atoms with Crippen molar-refractivity contribution in [3.05, 3.63) is 30.3 Å². The number of rotatable bonds is 3. The molecule has 0 fully saturated rings. The molecule has 1 rings (SSSR count). The molecule has 3 heteroatoms. The Hall–Kier alpha value is -0.510. The van der Waals surface area contributed by atoms with Gasteiger partial charge in [0.2, 0.25) is 5.94 Å². The van der Waals surface area contributed by atoms with Gasteiger partial charge in [0.1, 0.15) is 0 Å². The summed E-state index contributed by atoms with van der Waals surface area (Å²) in [5, 5.41) is 0. The second-order valence-corrected chi connectivity index (χ2v) is 3.39. The Morgan fingerprint density at radius 1 is 1.55 bits per heavy atom. The largest absolute Gasteiger partial charge is 0.610 e. The Morgan fingerprint density at radius 3 is 2.73 bits per heavy atom. The van der Waals surface area contributed by atoms with E-state index in [2.05, 4.69) is 6.07 Å². The van der Waals surface area contributed by atoms with Gasteiger partial charge in [0, 0.05) is 18.3 Å². The predicted octanol–water partition coefficient (Wildman–Crippen LogP) is 1.20. The summed E-state index contributed by atoms with van der Waals surface area (Å²) in [6.45, 7) is 0. The van der Waals surface area contributed by atoms with Crippen LogP contribution in [0.15, 0.2) is 29.2 Å². The lowest BCUT2D eigenvalue weighted by molar-refractivity contribution is 0.250. The van der Waals surface area contributed by atoms with E-state index in [1.807, 2.05) is 0 Å². The van der Waals surface area contributed by atoms with Crippen LogP contribution in [0.5, 0.6) is 0 Å². The van der Waals surface area contributed by atoms with E-state index in [4.69, 9.17) is 4.74 Å². The molecule has 11 heavy (non-hydrogen) atoms. The topological polar surface area (TPSA) is 32.3 Å². The van der Waals surface area contributed by atoms with Gasteiger partial charge in [-0.25, -0.2) is 0 Å². The van der Waals surface area contributed by atoms with Crippen molar-refractivity contribution in [2.45, 2.75) is 4.90 Å². The summed E-state index contributed by atoms with van der Waals surface area (Å²) in [5.74, 6) is 0.254. The normalized spacial score (nSPS) is 12.9. The maximum atomic E-state index is 11.2. The monoisotopic (exact) mass is 169 g/mol. The van der Waals surface area contributed by atoms with Crippen LogP contribution in [0.3, 0.4) is 0 Å². The summed E-state index contributed by atoms with van der Waals surface area (Å²) in [6, 6.07) is 9.88. The molecule has 0 amide bonds. The molecule has 1 unspecified atom stereocenters. The first-order valence-electron chi connectivity index (χ1n) is 3.18. The van der Waals surface area contributed by atoms with Crippen molar-refractivity contribution in [3.63, 3.8) is 0 Å². The maximum absolute atomic E-state index is 11.2. The van der Waals surface area contributed by atoms with Crippen LogP contribution >= 0.6 is 0 Å². The van der Waals surface area contributed by atoms with Crippen molar-refractivity contribution in [3.8, 4) is 0 Å². The highest BCUT2D eigenvalue weighted by atomic mass is 32.2. The third kappa shape index (κ3) is 2.54. The number of hydrogen-bond donors (Lipinski definition) is 0. The van der Waals surface area contributed by atoms with E-state index in [1.165, 1.54) is 7.11 Å². The quantitative estimate of drug-likeness (QED) is 0.637. The fourth-order valence-electron chi connectivity index (χ4n) is 0.698. The summed E-state index contributed by atoms with van der Waals surface area (Å²) in [7, 11) is 1.53. The number of ether oxygens (including phenoxy) is 1. The first-order valence-corrected chi connectivity index (χ1v) is 4.50. The minimum Gasteiger partial charge on any atom is -0.610 e. The van der Waals surface area contributed by atoms with Crippen molar-refractivity contribution in [2.24, 2.45) is 0 Å². The second-order valence-electron chi connectivity index (χ2n) is 1.99. The summed E-state index contributed by atoms with van der Waals surface area (Å²) >= 11 is -1.03. The van der Waals surface area contributed by atoms with Crippen LogP contribution in [0, 0.1) is 6.07 Å². The summed E-state index contributed by atoms with van der Waals surface area (Å²) in [6.07, 6.45) is 0. The van der Waals surface area contributed by atoms with Crippen LogP contribution < -0.4 is 0 Å². The second kappa shape index (κ2) is 4.38. The fraction of sp³-hybridized carbons (Fsp3) is 0.250. The van der Waals surface area contributed by atoms with Crippen molar-refractivity contribution in [1.29, 1.82) is 0 Å². The fourth-order valence-corrected chi connectivity index (χ4v) is 1.49. The van der Waals surface area contributed by atoms with Gasteiger partial charge in [-0.2, -0.15) is 0 Å². The lowest BCUT2D eigenvalue weighted by atomic mass is 10.4. The molecule has 59 valence electrons. The van der Waals surface area contributed by atoms with E-state index in [0.29, 0.717) is 0 Å². The molecule has 0 heterocycles. The van der Waals surface area contributed by atoms with E-state index >= 15 is 0 Å². The first kappa shape index (κ1) is 8.59. The molecule has 0 N–H and O–H groups in total. The number of methoxy groups -OCH3 is 1. The van der Waals surface area contributed by atoms with Gasteiger partial charge in [0.15, 0.2) is 4.90 Å². The molecule has 1 aromatic carbocycles. The molecule has 1 aromatic rings. The van der Waals surface area contributed by atoms with Crippen LogP contribution in [-0.4, -0.2) is 17.6 Å². The maximum Gasteiger partial charge on any atom is 0.210 e. The molecule has 0 spiro atoms. The molecule has 0 saturated heterocycles. The molecule has 0 saturated carbocycles. The molecular formula is C8H9O2S. The van der Waals surface area contributed by atoms with Gasteiger partial charge in [0.25, 0.3) is 0 Å². The molecule has 0 aliphatic heterocycles. The standard InChI is InChI=1S/C8H9O2S/c1-10-7-11(9)8-5-3-2-4-6-8/h3-6H,7H2,1H3. The first-order chi connectivity index (χ1) is 5.34. The van der Waals surface area contributed by atoms with E-state index in [-0.39, 0.29) is 5.94 Å². The lowest BCUT2D eigenvalue weighted by Crippen LogP contribution is -2.07. The van der Waals surface area contributed by atoms with Crippen molar-refractivity contribution < 1.29 is 9.29 Å². The molecule has 0 aromatic heterocycles. The lowest BCUT2D eigenvalue weighted by Gasteiger charge is -2.07. The molecule has 0 aliphatic carbocycles. The highest BCUT2D eigenvalue weighted by Crippen LogP contribution is 2.08. The SMILES string of the molecule is COC[S+]([O-])c1cc[c]cc1. The van der Waals surface area contributed by atoms with Gasteiger partial charge in [-0.05, 0) is 30.3 Å². The van der Waals surface area contributed by atoms with E-state index in [1.54, 1.807) is 24.3 Å². The zero-order chi connectivity index (χ0) is 8.10. The van der Waals surface area contributed by atoms with Crippen LogP contribution in [0.2, 0.25) is 0 Å². The predicted molar refractivity (Wildman–Crippen MR) is 43.6 cm³/mol. The number of benzene rings is 1. The Kier molecular flexibility index (Phi) is 3.42. The van der Waals surface area contributed by atoms with Gasteiger partial charge in [-0.15, -0.1) is 0 Å². The van der Waals surface area contributed by atoms with Crippen molar-refractivity contribution in [1.82, 2.24) is 0 Å². The summed E-state index contributed by atoms with van der Waals surface area (Å²) in [4.78, 5) is 0.783. The molecule has 1 atom stereocenters. The highest BCUT2D eigenvalue weighted by molar-refractivity contribution is 7.91. The van der Waals surface area contributed by atoms with E-state index in [0.717, 1.165) is 4.90 Å². The third-order valence-electron chi connectivity index (χ3n) is 1.18. The average molecular weight is 169 g/mol. The zero-order valence-corrected chi connectivity index (χ0v) is 7.06. The Bertz CT molecular complexity index is 201. The smallest absolute Gasteiger partial charge is 0.210 e. The van der Waals surface area contributed by atoms with Crippen LogP contribution in [-0.2, 0) is 15.9 Å². The van der Waals surface area contributed by atoms with Crippen LogP contribution in [0.1, 0.15) is 0 Å². The van der Waals surface area contributed by atoms with Gasteiger partial charge in [-0.3, -0.25) is 0 Å². The number of hydrogen-bond acceptors (Lipinski definition) is 2. The van der Waals surface area contributed by atoms with Crippen molar-refractivity contribution in [2.75, 3.05) is 13.0 Å². The van der Waals surface area contributed by atoms with Gasteiger partial charge >= 0.3 is 0 Å². The van der Waals surface area contributed by atoms with Crippen molar-refractivity contribution >= 4 is 11.2 Å². The summed E-state index contributed by atoms with van der Waals surface area (Å²) in [5.41, 5.74) is 0. The third-order valence-corrected chi connectivity index (χ3v) is 2.42. The molecule has 1 radical (unpaired) electrons. The minimum absolute atomic E-state index is 0.254. The van der Waals surface area contributed by atoms with Gasteiger partial charge in [-0.1, -0.05) is 0 Å². The zero-order valence-electron chi connectivity index (χ0n) is 6.24. The molecule has 0 aliphatic rings. The van der Waals surface area contributed by atoms with E-state index in [9.17, 15) is 4.55 Å². The highest BCUT2D eigenvalue weighted by Gasteiger charge is 2.07. The van der Waals surface area contributed by atoms with Crippen LogP contribution in [0.25, 0.3) is 0 Å². The molecule has 2 nitrogen and oxygen atoms in total. The Balaban J connectivity index is 2.61. The van der Waals surface area contributed by atoms with Gasteiger partial charge < -0.3 is 9.29 Å². The Morgan fingerprint density at radius 2 is 2.18 bits per heavy atom. The molecule has 0 bridgehead atoms. The molecular weight excluding hydrogens is 160 g/mol. The summed E-state index contributed by atoms with van der Waals surface area (Å²) < 4.78 is 16.0. The van der Waals surface area contributed by atoms with Gasteiger partial charge in [0.05, 0.1) is 0 Å². The Labute approximate surface area is 69.4 Å². The van der Waals surface area contributed by atoms with E-state index < -0.39 is 11.2 Å². The van der Waals surface area contributed by atoms with Crippen LogP contribution in [0.4, 0.5) is 0 Å².